The summed E-state index contributed by atoms with van der Waals surface area (Å²) in [6, 6.07) is 15.0. The van der Waals surface area contributed by atoms with Gasteiger partial charge in [0.25, 0.3) is 0 Å². The number of rotatable bonds is 7. The summed E-state index contributed by atoms with van der Waals surface area (Å²) in [6.07, 6.45) is 1.80. The van der Waals surface area contributed by atoms with E-state index in [0.717, 1.165) is 17.5 Å². The smallest absolute Gasteiger partial charge is 0.335 e. The maximum atomic E-state index is 11.8. The van der Waals surface area contributed by atoms with E-state index in [9.17, 15) is 9.59 Å². The van der Waals surface area contributed by atoms with Crippen molar-refractivity contribution in [2.45, 2.75) is 26.2 Å². The van der Waals surface area contributed by atoms with Crippen molar-refractivity contribution in [2.75, 3.05) is 6.54 Å². The zero-order valence-electron chi connectivity index (χ0n) is 13.2. The van der Waals surface area contributed by atoms with Crippen LogP contribution < -0.4 is 5.32 Å². The fraction of sp³-hybridized carbons (Fsp3) is 0.263. The molecule has 0 aliphatic heterocycles. The van der Waals surface area contributed by atoms with Gasteiger partial charge < -0.3 is 10.4 Å². The fourth-order valence-corrected chi connectivity index (χ4v) is 2.31. The first-order valence-corrected chi connectivity index (χ1v) is 7.69. The maximum absolute atomic E-state index is 11.8. The van der Waals surface area contributed by atoms with Gasteiger partial charge in [-0.1, -0.05) is 42.0 Å². The summed E-state index contributed by atoms with van der Waals surface area (Å²) in [5, 5.41) is 11.8. The van der Waals surface area contributed by atoms with Gasteiger partial charge in [0.15, 0.2) is 0 Å². The number of carboxylic acid groups (broad SMARTS) is 1. The van der Waals surface area contributed by atoms with E-state index in [1.807, 2.05) is 37.3 Å². The highest BCUT2D eigenvalue weighted by atomic mass is 16.4. The molecule has 0 bridgehead atoms. The van der Waals surface area contributed by atoms with E-state index in [4.69, 9.17) is 5.11 Å². The highest BCUT2D eigenvalue weighted by Gasteiger charge is 2.05. The standard InChI is InChI=1S/C19H21NO3/c1-14-5-7-15(8-6-14)9-10-18(21)20-12-11-16-3-2-4-17(13-16)19(22)23/h2-8,13H,9-12H2,1H3,(H,20,21)(H,22,23). The summed E-state index contributed by atoms with van der Waals surface area (Å²) in [7, 11) is 0. The van der Waals surface area contributed by atoms with E-state index in [2.05, 4.69) is 5.32 Å². The Bertz CT molecular complexity index is 677. The lowest BCUT2D eigenvalue weighted by molar-refractivity contribution is -0.121. The molecular formula is C19H21NO3. The number of benzene rings is 2. The summed E-state index contributed by atoms with van der Waals surface area (Å²) >= 11 is 0. The van der Waals surface area contributed by atoms with Crippen molar-refractivity contribution >= 4 is 11.9 Å². The second-order valence-corrected chi connectivity index (χ2v) is 5.59. The van der Waals surface area contributed by atoms with Gasteiger partial charge >= 0.3 is 5.97 Å². The number of carbonyl (C=O) groups excluding carboxylic acids is 1. The zero-order valence-corrected chi connectivity index (χ0v) is 13.2. The van der Waals surface area contributed by atoms with Crippen molar-refractivity contribution in [2.24, 2.45) is 0 Å². The number of carboxylic acids is 1. The Hall–Kier alpha value is -2.62. The van der Waals surface area contributed by atoms with Gasteiger partial charge in [0.05, 0.1) is 5.56 Å². The molecule has 0 heterocycles. The molecule has 1 amide bonds. The molecule has 120 valence electrons. The Labute approximate surface area is 136 Å². The number of hydrogen-bond donors (Lipinski definition) is 2. The second kappa shape index (κ2) is 8.13. The van der Waals surface area contributed by atoms with Crippen LogP contribution >= 0.6 is 0 Å². The lowest BCUT2D eigenvalue weighted by atomic mass is 10.1. The predicted octanol–water partition coefficient (Wildman–Crippen LogP) is 2.98. The van der Waals surface area contributed by atoms with Crippen molar-refractivity contribution < 1.29 is 14.7 Å². The molecule has 0 fully saturated rings. The Morgan fingerprint density at radius 3 is 2.43 bits per heavy atom. The molecule has 2 aromatic rings. The first-order chi connectivity index (χ1) is 11.0. The van der Waals surface area contributed by atoms with E-state index in [-0.39, 0.29) is 11.5 Å². The van der Waals surface area contributed by atoms with E-state index in [1.165, 1.54) is 5.56 Å². The van der Waals surface area contributed by atoms with Crippen LogP contribution in [0.25, 0.3) is 0 Å². The molecule has 0 atom stereocenters. The van der Waals surface area contributed by atoms with Gasteiger partial charge in [-0.2, -0.15) is 0 Å². The lowest BCUT2D eigenvalue weighted by Crippen LogP contribution is -2.25. The molecule has 2 aromatic carbocycles. The van der Waals surface area contributed by atoms with Crippen LogP contribution in [0, 0.1) is 6.92 Å². The average molecular weight is 311 g/mol. The normalized spacial score (nSPS) is 10.3. The quantitative estimate of drug-likeness (QED) is 0.826. The van der Waals surface area contributed by atoms with E-state index >= 15 is 0 Å². The van der Waals surface area contributed by atoms with Crippen LogP contribution in [0.2, 0.25) is 0 Å². The maximum Gasteiger partial charge on any atom is 0.335 e. The summed E-state index contributed by atoms with van der Waals surface area (Å²) in [5.74, 6) is -0.922. The van der Waals surface area contributed by atoms with E-state index in [0.29, 0.717) is 19.4 Å². The number of aryl methyl sites for hydroxylation is 2. The van der Waals surface area contributed by atoms with Crippen LogP contribution in [0.4, 0.5) is 0 Å². The molecule has 4 heteroatoms. The molecule has 2 rings (SSSR count). The highest BCUT2D eigenvalue weighted by Crippen LogP contribution is 2.07. The number of nitrogens with one attached hydrogen (secondary N) is 1. The van der Waals surface area contributed by atoms with Crippen LogP contribution in [-0.4, -0.2) is 23.5 Å². The van der Waals surface area contributed by atoms with Gasteiger partial charge in [0, 0.05) is 13.0 Å². The number of hydrogen-bond acceptors (Lipinski definition) is 2. The molecule has 0 aromatic heterocycles. The topological polar surface area (TPSA) is 66.4 Å². The SMILES string of the molecule is Cc1ccc(CCC(=O)NCCc2cccc(C(=O)O)c2)cc1. The van der Waals surface area contributed by atoms with Crippen molar-refractivity contribution in [3.8, 4) is 0 Å². The molecule has 0 radical (unpaired) electrons. The van der Waals surface area contributed by atoms with E-state index in [1.54, 1.807) is 18.2 Å². The van der Waals surface area contributed by atoms with Crippen LogP contribution in [0.5, 0.6) is 0 Å². The molecule has 4 nitrogen and oxygen atoms in total. The summed E-state index contributed by atoms with van der Waals surface area (Å²) < 4.78 is 0. The largest absolute Gasteiger partial charge is 0.478 e. The van der Waals surface area contributed by atoms with Gasteiger partial charge in [-0.05, 0) is 43.0 Å². The van der Waals surface area contributed by atoms with Crippen molar-refractivity contribution in [1.29, 1.82) is 0 Å². The fourth-order valence-electron chi connectivity index (χ4n) is 2.31. The predicted molar refractivity (Wildman–Crippen MR) is 89.6 cm³/mol. The third-order valence-electron chi connectivity index (χ3n) is 3.67. The Morgan fingerprint density at radius 2 is 1.74 bits per heavy atom. The lowest BCUT2D eigenvalue weighted by Gasteiger charge is -2.06. The number of carbonyl (C=O) groups is 2. The first kappa shape index (κ1) is 16.7. The summed E-state index contributed by atoms with van der Waals surface area (Å²) in [5.41, 5.74) is 3.54. The minimum absolute atomic E-state index is 0.0139. The molecule has 0 aliphatic rings. The average Bonchev–Trinajstić information content (AvgIpc) is 2.54. The van der Waals surface area contributed by atoms with Gasteiger partial charge in [0.2, 0.25) is 5.91 Å². The molecule has 0 saturated carbocycles. The van der Waals surface area contributed by atoms with Crippen LogP contribution in [0.1, 0.15) is 33.5 Å². The monoisotopic (exact) mass is 311 g/mol. The van der Waals surface area contributed by atoms with Crippen molar-refractivity contribution in [3.63, 3.8) is 0 Å². The van der Waals surface area contributed by atoms with E-state index < -0.39 is 5.97 Å². The third kappa shape index (κ3) is 5.58. The molecule has 2 N–H and O–H groups in total. The Morgan fingerprint density at radius 1 is 1.00 bits per heavy atom. The molecule has 0 aliphatic carbocycles. The molecule has 0 unspecified atom stereocenters. The minimum Gasteiger partial charge on any atom is -0.478 e. The zero-order chi connectivity index (χ0) is 16.7. The third-order valence-corrected chi connectivity index (χ3v) is 3.67. The van der Waals surface area contributed by atoms with Gasteiger partial charge in [-0.25, -0.2) is 4.79 Å². The van der Waals surface area contributed by atoms with Crippen LogP contribution in [0.3, 0.4) is 0 Å². The summed E-state index contributed by atoms with van der Waals surface area (Å²) in [6.45, 7) is 2.55. The summed E-state index contributed by atoms with van der Waals surface area (Å²) in [4.78, 5) is 22.7. The minimum atomic E-state index is -0.936. The van der Waals surface area contributed by atoms with Crippen LogP contribution in [0.15, 0.2) is 48.5 Å². The van der Waals surface area contributed by atoms with Gasteiger partial charge in [-0.3, -0.25) is 4.79 Å². The first-order valence-electron chi connectivity index (χ1n) is 7.69. The number of amides is 1. The van der Waals surface area contributed by atoms with Crippen molar-refractivity contribution in [1.82, 2.24) is 5.32 Å². The van der Waals surface area contributed by atoms with Gasteiger partial charge in [-0.15, -0.1) is 0 Å². The van der Waals surface area contributed by atoms with Gasteiger partial charge in [0.1, 0.15) is 0 Å². The molecule has 23 heavy (non-hydrogen) atoms. The Balaban J connectivity index is 1.73. The molecular weight excluding hydrogens is 290 g/mol. The number of aromatic carboxylic acids is 1. The highest BCUT2D eigenvalue weighted by molar-refractivity contribution is 5.87. The second-order valence-electron chi connectivity index (χ2n) is 5.59. The van der Waals surface area contributed by atoms with Crippen LogP contribution in [-0.2, 0) is 17.6 Å². The van der Waals surface area contributed by atoms with Crippen molar-refractivity contribution in [3.05, 3.63) is 70.8 Å². The Kier molecular flexibility index (Phi) is 5.92. The molecule has 0 saturated heterocycles. The molecule has 0 spiro atoms.